The Morgan fingerprint density at radius 1 is 1.57 bits per heavy atom. The van der Waals surface area contributed by atoms with Gasteiger partial charge in [-0.1, -0.05) is 19.1 Å². The van der Waals surface area contributed by atoms with Gasteiger partial charge in [-0.25, -0.2) is 0 Å². The summed E-state index contributed by atoms with van der Waals surface area (Å²) in [5.41, 5.74) is -0.00889. The Morgan fingerprint density at radius 3 is 2.79 bits per heavy atom. The number of halogens is 1. The normalized spacial score (nSPS) is 12.1. The van der Waals surface area contributed by atoms with Gasteiger partial charge in [0.2, 0.25) is 0 Å². The molecule has 1 aromatic carbocycles. The van der Waals surface area contributed by atoms with Crippen LogP contribution in [0.4, 0.5) is 5.69 Å². The fourth-order valence-electron chi connectivity index (χ4n) is 0.929. The maximum atomic E-state index is 10.6. The van der Waals surface area contributed by atoms with Crippen LogP contribution in [-0.2, 0) is 0 Å². The van der Waals surface area contributed by atoms with Crippen LogP contribution in [0.15, 0.2) is 24.3 Å². The predicted molar refractivity (Wildman–Crippen MR) is 56.7 cm³/mol. The lowest BCUT2D eigenvalue weighted by Crippen LogP contribution is -2.07. The van der Waals surface area contributed by atoms with Crippen molar-refractivity contribution in [2.75, 3.05) is 0 Å². The van der Waals surface area contributed by atoms with Crippen molar-refractivity contribution in [3.05, 3.63) is 34.4 Å². The molecular formula is C9H10BrNO3. The predicted octanol–water partition coefficient (Wildman–Crippen LogP) is 3.10. The van der Waals surface area contributed by atoms with Crippen molar-refractivity contribution >= 4 is 21.6 Å². The Labute approximate surface area is 90.2 Å². The summed E-state index contributed by atoms with van der Waals surface area (Å²) in [5.74, 6) is 0.293. The lowest BCUT2D eigenvalue weighted by atomic mass is 10.3. The van der Waals surface area contributed by atoms with E-state index in [2.05, 4.69) is 15.9 Å². The summed E-state index contributed by atoms with van der Waals surface area (Å²) in [4.78, 5) is 10.1. The first-order chi connectivity index (χ1) is 6.65. The van der Waals surface area contributed by atoms with E-state index in [1.54, 1.807) is 18.2 Å². The van der Waals surface area contributed by atoms with E-state index in [0.717, 1.165) is 6.42 Å². The largest absolute Gasteiger partial charge is 0.472 e. The van der Waals surface area contributed by atoms with E-state index in [-0.39, 0.29) is 10.7 Å². The first-order valence-electron chi connectivity index (χ1n) is 4.19. The first kappa shape index (κ1) is 11.0. The summed E-state index contributed by atoms with van der Waals surface area (Å²) in [6.07, 6.45) is 0.742. The quantitative estimate of drug-likeness (QED) is 0.474. The highest BCUT2D eigenvalue weighted by molar-refractivity contribution is 9.09. The Bertz CT molecular complexity index is 330. The molecule has 0 N–H and O–H groups in total. The smallest absolute Gasteiger partial charge is 0.310 e. The molecule has 0 saturated carbocycles. The summed E-state index contributed by atoms with van der Waals surface area (Å²) in [5, 5.41) is 10.4. The Morgan fingerprint density at radius 2 is 2.21 bits per heavy atom. The number of nitrogens with zero attached hydrogens (tertiary/aromatic N) is 1. The van der Waals surface area contributed by atoms with Gasteiger partial charge in [0, 0.05) is 6.07 Å². The lowest BCUT2D eigenvalue weighted by molar-refractivity contribution is -0.385. The molecule has 0 spiro atoms. The number of rotatable bonds is 4. The number of nitro groups is 1. The van der Waals surface area contributed by atoms with E-state index in [9.17, 15) is 10.1 Å². The summed E-state index contributed by atoms with van der Waals surface area (Å²) in [6.45, 7) is 1.92. The number of para-hydroxylation sites is 2. The Kier molecular flexibility index (Phi) is 3.88. The number of benzene rings is 1. The maximum Gasteiger partial charge on any atom is 0.310 e. The van der Waals surface area contributed by atoms with Gasteiger partial charge < -0.3 is 4.74 Å². The highest BCUT2D eigenvalue weighted by Crippen LogP contribution is 2.28. The molecule has 0 amide bonds. The van der Waals surface area contributed by atoms with Crippen LogP contribution in [0, 0.1) is 10.1 Å². The van der Waals surface area contributed by atoms with Crippen molar-refractivity contribution in [1.29, 1.82) is 0 Å². The van der Waals surface area contributed by atoms with Crippen LogP contribution in [0.5, 0.6) is 5.75 Å². The number of hydrogen-bond acceptors (Lipinski definition) is 3. The molecule has 1 atom stereocenters. The molecule has 0 bridgehead atoms. The minimum absolute atomic E-state index is 0.00889. The van der Waals surface area contributed by atoms with E-state index in [1.165, 1.54) is 6.07 Å². The third kappa shape index (κ3) is 2.70. The standard InChI is InChI=1S/C9H10BrNO3/c1-2-9(10)14-8-6-4-3-5-7(8)11(12)13/h3-6,9H,2H2,1H3. The number of hydrogen-bond donors (Lipinski definition) is 0. The van der Waals surface area contributed by atoms with E-state index in [0.29, 0.717) is 5.75 Å². The summed E-state index contributed by atoms with van der Waals surface area (Å²) < 4.78 is 5.33. The molecule has 4 nitrogen and oxygen atoms in total. The average Bonchev–Trinajstić information content (AvgIpc) is 2.18. The molecule has 1 unspecified atom stereocenters. The van der Waals surface area contributed by atoms with Gasteiger partial charge in [0.25, 0.3) is 0 Å². The minimum Gasteiger partial charge on any atom is -0.472 e. The zero-order valence-electron chi connectivity index (χ0n) is 7.64. The maximum absolute atomic E-state index is 10.6. The molecule has 0 aromatic heterocycles. The molecule has 1 aromatic rings. The Balaban J connectivity index is 2.90. The molecule has 14 heavy (non-hydrogen) atoms. The molecule has 0 radical (unpaired) electrons. The summed E-state index contributed by atoms with van der Waals surface area (Å²) in [7, 11) is 0. The number of ether oxygens (including phenoxy) is 1. The average molecular weight is 260 g/mol. The molecular weight excluding hydrogens is 250 g/mol. The molecule has 0 saturated heterocycles. The van der Waals surface area contributed by atoms with Gasteiger partial charge in [-0.05, 0) is 28.4 Å². The lowest BCUT2D eigenvalue weighted by Gasteiger charge is -2.10. The van der Waals surface area contributed by atoms with Crippen molar-refractivity contribution in [2.45, 2.75) is 18.4 Å². The van der Waals surface area contributed by atoms with Crippen molar-refractivity contribution in [3.63, 3.8) is 0 Å². The highest BCUT2D eigenvalue weighted by atomic mass is 79.9. The van der Waals surface area contributed by atoms with Gasteiger partial charge in [0.05, 0.1) is 4.92 Å². The first-order valence-corrected chi connectivity index (χ1v) is 5.11. The third-order valence-corrected chi connectivity index (χ3v) is 2.47. The molecule has 0 fully saturated rings. The summed E-state index contributed by atoms with van der Waals surface area (Å²) in [6, 6.07) is 6.32. The fourth-order valence-corrected chi connectivity index (χ4v) is 1.13. The third-order valence-electron chi connectivity index (χ3n) is 1.64. The van der Waals surface area contributed by atoms with Crippen LogP contribution < -0.4 is 4.74 Å². The topological polar surface area (TPSA) is 52.4 Å². The molecule has 0 aliphatic rings. The SMILES string of the molecule is CCC(Br)Oc1ccccc1[N+](=O)[O-]. The van der Waals surface area contributed by atoms with E-state index in [1.807, 2.05) is 6.92 Å². The van der Waals surface area contributed by atoms with Gasteiger partial charge in [0.1, 0.15) is 0 Å². The highest BCUT2D eigenvalue weighted by Gasteiger charge is 2.15. The van der Waals surface area contributed by atoms with Crippen molar-refractivity contribution in [3.8, 4) is 5.75 Å². The van der Waals surface area contributed by atoms with E-state index >= 15 is 0 Å². The van der Waals surface area contributed by atoms with Crippen molar-refractivity contribution < 1.29 is 9.66 Å². The number of alkyl halides is 1. The minimum atomic E-state index is -0.454. The van der Waals surface area contributed by atoms with Gasteiger partial charge in [-0.3, -0.25) is 10.1 Å². The van der Waals surface area contributed by atoms with Crippen molar-refractivity contribution in [2.24, 2.45) is 0 Å². The van der Waals surface area contributed by atoms with Gasteiger partial charge >= 0.3 is 5.69 Å². The van der Waals surface area contributed by atoms with Crippen molar-refractivity contribution in [1.82, 2.24) is 0 Å². The molecule has 0 heterocycles. The zero-order valence-corrected chi connectivity index (χ0v) is 9.23. The fraction of sp³-hybridized carbons (Fsp3) is 0.333. The van der Waals surface area contributed by atoms with Crippen LogP contribution in [-0.4, -0.2) is 9.94 Å². The molecule has 1 rings (SSSR count). The zero-order chi connectivity index (χ0) is 10.6. The number of nitro benzene ring substituents is 1. The van der Waals surface area contributed by atoms with Gasteiger partial charge in [-0.2, -0.15) is 0 Å². The summed E-state index contributed by atoms with van der Waals surface area (Å²) >= 11 is 3.25. The van der Waals surface area contributed by atoms with Crippen LogP contribution in [0.2, 0.25) is 0 Å². The second-order valence-corrected chi connectivity index (χ2v) is 3.68. The van der Waals surface area contributed by atoms with Crippen LogP contribution in [0.25, 0.3) is 0 Å². The monoisotopic (exact) mass is 259 g/mol. The second kappa shape index (κ2) is 4.95. The Hall–Kier alpha value is -1.10. The van der Waals surface area contributed by atoms with Crippen LogP contribution in [0.1, 0.15) is 13.3 Å². The van der Waals surface area contributed by atoms with E-state index < -0.39 is 4.92 Å². The van der Waals surface area contributed by atoms with E-state index in [4.69, 9.17) is 4.74 Å². The second-order valence-electron chi connectivity index (χ2n) is 2.66. The molecule has 0 aliphatic carbocycles. The van der Waals surface area contributed by atoms with Crippen LogP contribution in [0.3, 0.4) is 0 Å². The molecule has 5 heteroatoms. The molecule has 76 valence electrons. The molecule has 0 aliphatic heterocycles. The van der Waals surface area contributed by atoms with Gasteiger partial charge in [0.15, 0.2) is 10.8 Å². The van der Waals surface area contributed by atoms with Gasteiger partial charge in [-0.15, -0.1) is 0 Å². The van der Waals surface area contributed by atoms with Crippen LogP contribution >= 0.6 is 15.9 Å².